The van der Waals surface area contributed by atoms with Gasteiger partial charge in [0.1, 0.15) is 0 Å². The lowest BCUT2D eigenvalue weighted by molar-refractivity contribution is 0.215. The Hall–Kier alpha value is -0.790. The maximum Gasteiger partial charge on any atom is 0.159 e. The number of aliphatic hydroxyl groups is 1. The molecule has 1 N–H and O–H groups in total. The van der Waals surface area contributed by atoms with Gasteiger partial charge in [-0.2, -0.15) is 0 Å². The largest absolute Gasteiger partial charge is 0.395 e. The molecule has 0 unspecified atom stereocenters. The Morgan fingerprint density at radius 3 is 2.78 bits per heavy atom. The molecule has 0 aromatic carbocycles. The molecule has 7 heteroatoms. The molecule has 0 saturated carbocycles. The predicted molar refractivity (Wildman–Crippen MR) is 73.8 cm³/mol. The summed E-state index contributed by atoms with van der Waals surface area (Å²) in [6, 6.07) is 0. The van der Waals surface area contributed by atoms with Crippen molar-refractivity contribution in [1.29, 1.82) is 0 Å². The third-order valence-corrected chi connectivity index (χ3v) is 4.27. The summed E-state index contributed by atoms with van der Waals surface area (Å²) in [4.78, 5) is 5.56. The topological polar surface area (TPSA) is 63.8 Å². The highest BCUT2D eigenvalue weighted by Gasteiger charge is 2.23. The molecule has 2 aromatic rings. The smallest absolute Gasteiger partial charge is 0.159 e. The van der Waals surface area contributed by atoms with E-state index in [9.17, 15) is 5.11 Å². The van der Waals surface area contributed by atoms with E-state index in [1.54, 1.807) is 16.0 Å². The van der Waals surface area contributed by atoms with Crippen LogP contribution in [0.4, 0.5) is 0 Å². The molecule has 2 aromatic heterocycles. The molecule has 0 bridgehead atoms. The van der Waals surface area contributed by atoms with Gasteiger partial charge >= 0.3 is 0 Å². The molecule has 0 aliphatic carbocycles. The first-order valence-corrected chi connectivity index (χ1v) is 7.16. The highest BCUT2D eigenvalue weighted by molar-refractivity contribution is 9.11. The third kappa shape index (κ3) is 2.78. The Balaban J connectivity index is 2.19. The fraction of sp³-hybridized carbons (Fsp3) is 0.545. The first-order valence-electron chi connectivity index (χ1n) is 5.55. The van der Waals surface area contributed by atoms with Gasteiger partial charge in [0.05, 0.1) is 24.5 Å². The number of aromatic nitrogens is 4. The zero-order valence-corrected chi connectivity index (χ0v) is 12.9. The fourth-order valence-corrected chi connectivity index (χ4v) is 3.04. The molecule has 0 saturated heterocycles. The van der Waals surface area contributed by atoms with E-state index in [1.807, 2.05) is 27.0 Å². The van der Waals surface area contributed by atoms with Crippen LogP contribution < -0.4 is 0 Å². The van der Waals surface area contributed by atoms with Crippen molar-refractivity contribution in [3.8, 4) is 0 Å². The number of rotatable bonds is 4. The lowest BCUT2D eigenvalue weighted by atomic mass is 9.91. The van der Waals surface area contributed by atoms with Crippen LogP contribution in [0.3, 0.4) is 0 Å². The van der Waals surface area contributed by atoms with Crippen molar-refractivity contribution >= 4 is 27.3 Å². The Morgan fingerprint density at radius 2 is 2.22 bits per heavy atom. The molecule has 0 fully saturated rings. The summed E-state index contributed by atoms with van der Waals surface area (Å²) in [5, 5.41) is 17.5. The van der Waals surface area contributed by atoms with E-state index in [-0.39, 0.29) is 12.0 Å². The molecular weight excluding hydrogens is 316 g/mol. The maximum absolute atomic E-state index is 9.30. The van der Waals surface area contributed by atoms with Crippen molar-refractivity contribution in [3.63, 3.8) is 0 Å². The van der Waals surface area contributed by atoms with Gasteiger partial charge < -0.3 is 5.11 Å². The van der Waals surface area contributed by atoms with Crippen molar-refractivity contribution in [2.24, 2.45) is 0 Å². The maximum atomic E-state index is 9.30. The predicted octanol–water partition coefficient (Wildman–Crippen LogP) is 2.12. The van der Waals surface area contributed by atoms with Gasteiger partial charge in [-0.3, -0.25) is 0 Å². The molecular formula is C11H15BrN4OS. The lowest BCUT2D eigenvalue weighted by Crippen LogP contribution is -2.22. The summed E-state index contributed by atoms with van der Waals surface area (Å²) in [5.74, 6) is 0. The average molecular weight is 331 g/mol. The number of hydrogen-bond donors (Lipinski definition) is 1. The number of aliphatic hydroxyl groups excluding tert-OH is 1. The second-order valence-electron chi connectivity index (χ2n) is 4.81. The van der Waals surface area contributed by atoms with Gasteiger partial charge in [-0.15, -0.1) is 16.4 Å². The van der Waals surface area contributed by atoms with Gasteiger partial charge in [0.2, 0.25) is 0 Å². The van der Waals surface area contributed by atoms with E-state index >= 15 is 0 Å². The van der Waals surface area contributed by atoms with E-state index < -0.39 is 0 Å². The van der Waals surface area contributed by atoms with Crippen LogP contribution in [0.1, 0.15) is 30.1 Å². The fourth-order valence-electron chi connectivity index (χ4n) is 1.46. The second kappa shape index (κ2) is 5.07. The summed E-state index contributed by atoms with van der Waals surface area (Å²) >= 11 is 4.98. The average Bonchev–Trinajstić information content (AvgIpc) is 2.87. The Kier molecular flexibility index (Phi) is 3.84. The van der Waals surface area contributed by atoms with Crippen LogP contribution >= 0.6 is 27.3 Å². The van der Waals surface area contributed by atoms with E-state index in [0.717, 1.165) is 15.3 Å². The molecule has 0 spiro atoms. The quantitative estimate of drug-likeness (QED) is 0.932. The second-order valence-corrected chi connectivity index (χ2v) is 7.29. The molecule has 18 heavy (non-hydrogen) atoms. The van der Waals surface area contributed by atoms with E-state index in [4.69, 9.17) is 0 Å². The van der Waals surface area contributed by atoms with Crippen molar-refractivity contribution < 1.29 is 5.11 Å². The molecule has 98 valence electrons. The molecule has 5 nitrogen and oxygen atoms in total. The molecule has 0 amide bonds. The lowest BCUT2D eigenvalue weighted by Gasteiger charge is -2.17. The highest BCUT2D eigenvalue weighted by atomic mass is 79.9. The van der Waals surface area contributed by atoms with Crippen LogP contribution in [0.5, 0.6) is 0 Å². The number of halogens is 1. The zero-order valence-electron chi connectivity index (χ0n) is 10.5. The molecule has 2 rings (SSSR count). The number of nitrogens with zero attached hydrogens (tertiary/aromatic N) is 4. The molecule has 0 aliphatic heterocycles. The minimum absolute atomic E-state index is 0.0486. The first kappa shape index (κ1) is 13.6. The molecule has 0 radical (unpaired) electrons. The van der Waals surface area contributed by atoms with Crippen molar-refractivity contribution in [3.05, 3.63) is 26.4 Å². The van der Waals surface area contributed by atoms with Gasteiger partial charge in [-0.05, 0) is 22.9 Å². The summed E-state index contributed by atoms with van der Waals surface area (Å²) in [7, 11) is 0. The van der Waals surface area contributed by atoms with Crippen LogP contribution in [0.15, 0.2) is 10.1 Å². The highest BCUT2D eigenvalue weighted by Crippen LogP contribution is 2.23. The monoisotopic (exact) mass is 330 g/mol. The minimum Gasteiger partial charge on any atom is -0.395 e. The first-order chi connectivity index (χ1) is 8.42. The Morgan fingerprint density at radius 1 is 1.50 bits per heavy atom. The molecule has 0 aliphatic rings. The Labute approximate surface area is 118 Å². The van der Waals surface area contributed by atoms with Crippen LogP contribution in [-0.4, -0.2) is 31.7 Å². The Bertz CT molecular complexity index is 549. The van der Waals surface area contributed by atoms with Crippen LogP contribution in [0.25, 0.3) is 0 Å². The summed E-state index contributed by atoms with van der Waals surface area (Å²) < 4.78 is 2.63. The summed E-state index contributed by atoms with van der Waals surface area (Å²) in [5.41, 5.74) is 1.41. The van der Waals surface area contributed by atoms with Crippen molar-refractivity contribution in [2.75, 3.05) is 6.61 Å². The van der Waals surface area contributed by atoms with Gasteiger partial charge in [0.25, 0.3) is 0 Å². The van der Waals surface area contributed by atoms with E-state index in [2.05, 4.69) is 31.2 Å². The summed E-state index contributed by atoms with van der Waals surface area (Å²) in [6.45, 7) is 6.56. The standard InChI is InChI=1S/C11H15BrN4OS/c1-7-8(13-10(12)18-7)4-16-5-9(14-15-16)11(2,3)6-17/h5,17H,4,6H2,1-3H3. The van der Waals surface area contributed by atoms with Gasteiger partial charge in [-0.25, -0.2) is 9.67 Å². The van der Waals surface area contributed by atoms with Crippen molar-refractivity contribution in [1.82, 2.24) is 20.0 Å². The SMILES string of the molecule is Cc1sc(Br)nc1Cn1cc(C(C)(C)CO)nn1. The summed E-state index contributed by atoms with van der Waals surface area (Å²) in [6.07, 6.45) is 1.86. The molecule has 2 heterocycles. The van der Waals surface area contributed by atoms with Gasteiger partial charge in [0, 0.05) is 16.5 Å². The molecule has 0 atom stereocenters. The van der Waals surface area contributed by atoms with Crippen LogP contribution in [-0.2, 0) is 12.0 Å². The number of aryl methyl sites for hydroxylation is 1. The third-order valence-electron chi connectivity index (χ3n) is 2.81. The number of thiazole rings is 1. The normalized spacial score (nSPS) is 12.1. The number of hydrogen-bond acceptors (Lipinski definition) is 5. The van der Waals surface area contributed by atoms with E-state index in [0.29, 0.717) is 6.54 Å². The van der Waals surface area contributed by atoms with Crippen LogP contribution in [0.2, 0.25) is 0 Å². The van der Waals surface area contributed by atoms with Crippen molar-refractivity contribution in [2.45, 2.75) is 32.7 Å². The zero-order chi connectivity index (χ0) is 13.3. The van der Waals surface area contributed by atoms with E-state index in [1.165, 1.54) is 4.88 Å². The van der Waals surface area contributed by atoms with Gasteiger partial charge in [-0.1, -0.05) is 19.1 Å². The van der Waals surface area contributed by atoms with Crippen LogP contribution in [0, 0.1) is 6.92 Å². The van der Waals surface area contributed by atoms with Gasteiger partial charge in [0.15, 0.2) is 3.92 Å². The minimum atomic E-state index is -0.365.